The predicted octanol–water partition coefficient (Wildman–Crippen LogP) is 2.46. The second-order valence-electron chi connectivity index (χ2n) is 3.84. The molecule has 0 N–H and O–H groups in total. The van der Waals surface area contributed by atoms with Gasteiger partial charge in [0, 0.05) is 0 Å². The summed E-state index contributed by atoms with van der Waals surface area (Å²) in [5, 5.41) is 0. The molecular formula is C10H20O4Si. The fourth-order valence-corrected chi connectivity index (χ4v) is 1.55. The van der Waals surface area contributed by atoms with Crippen LogP contribution in [0.2, 0.25) is 19.6 Å². The van der Waals surface area contributed by atoms with E-state index in [2.05, 4.69) is 19.6 Å². The van der Waals surface area contributed by atoms with Gasteiger partial charge in [-0.2, -0.15) is 0 Å². The molecule has 0 fully saturated rings. The average Bonchev–Trinajstić information content (AvgIpc) is 2.13. The Hall–Kier alpha value is -1.10. The standard InChI is InChI=1S/C10H20O4Si/c1-11-8-9(12-2)7-10(13-3)14-15(4,5)6/h7-8H,1-6H3/b9-8-,10-7+. The van der Waals surface area contributed by atoms with Crippen molar-refractivity contribution in [3.63, 3.8) is 0 Å². The Morgan fingerprint density at radius 2 is 1.60 bits per heavy atom. The first kappa shape index (κ1) is 13.9. The van der Waals surface area contributed by atoms with E-state index >= 15 is 0 Å². The molecule has 0 spiro atoms. The van der Waals surface area contributed by atoms with Crippen LogP contribution in [0.15, 0.2) is 24.0 Å². The molecule has 0 atom stereocenters. The molecule has 0 bridgehead atoms. The highest BCUT2D eigenvalue weighted by molar-refractivity contribution is 6.69. The van der Waals surface area contributed by atoms with E-state index in [9.17, 15) is 0 Å². The lowest BCUT2D eigenvalue weighted by Crippen LogP contribution is -2.25. The van der Waals surface area contributed by atoms with Crippen molar-refractivity contribution in [3.8, 4) is 0 Å². The van der Waals surface area contributed by atoms with Crippen molar-refractivity contribution in [2.24, 2.45) is 0 Å². The van der Waals surface area contributed by atoms with Crippen LogP contribution in [-0.4, -0.2) is 29.6 Å². The summed E-state index contributed by atoms with van der Waals surface area (Å²) in [6.45, 7) is 6.23. The number of rotatable bonds is 6. The molecule has 0 aromatic carbocycles. The van der Waals surface area contributed by atoms with E-state index in [0.29, 0.717) is 11.7 Å². The summed E-state index contributed by atoms with van der Waals surface area (Å²) < 4.78 is 20.7. The SMILES string of the molecule is CO/C=C(/C=C(\OC)O[Si](C)(C)C)OC. The first-order valence-corrected chi connectivity index (χ1v) is 8.05. The van der Waals surface area contributed by atoms with Crippen LogP contribution in [0.4, 0.5) is 0 Å². The summed E-state index contributed by atoms with van der Waals surface area (Å²) in [4.78, 5) is 0. The minimum atomic E-state index is -1.66. The minimum Gasteiger partial charge on any atom is -0.520 e. The molecular weight excluding hydrogens is 212 g/mol. The van der Waals surface area contributed by atoms with Gasteiger partial charge in [0.2, 0.25) is 8.32 Å². The number of methoxy groups -OCH3 is 3. The highest BCUT2D eigenvalue weighted by Gasteiger charge is 2.18. The summed E-state index contributed by atoms with van der Waals surface area (Å²) in [5.74, 6) is 0.993. The maximum Gasteiger partial charge on any atom is 0.268 e. The molecule has 0 unspecified atom stereocenters. The molecule has 0 aliphatic rings. The highest BCUT2D eigenvalue weighted by Crippen LogP contribution is 2.13. The van der Waals surface area contributed by atoms with E-state index in [4.69, 9.17) is 18.6 Å². The smallest absolute Gasteiger partial charge is 0.268 e. The zero-order chi connectivity index (χ0) is 11.9. The predicted molar refractivity (Wildman–Crippen MR) is 61.6 cm³/mol. The lowest BCUT2D eigenvalue weighted by molar-refractivity contribution is 0.143. The van der Waals surface area contributed by atoms with E-state index in [1.165, 1.54) is 6.26 Å². The summed E-state index contributed by atoms with van der Waals surface area (Å²) in [6, 6.07) is 0. The van der Waals surface area contributed by atoms with E-state index in [-0.39, 0.29) is 0 Å². The van der Waals surface area contributed by atoms with Crippen LogP contribution in [0.3, 0.4) is 0 Å². The lowest BCUT2D eigenvalue weighted by atomic mass is 10.5. The third-order valence-corrected chi connectivity index (χ3v) is 2.15. The van der Waals surface area contributed by atoms with Gasteiger partial charge in [-0.05, 0) is 19.6 Å². The maximum absolute atomic E-state index is 5.67. The van der Waals surface area contributed by atoms with Gasteiger partial charge in [0.25, 0.3) is 5.95 Å². The Morgan fingerprint density at radius 1 is 1.00 bits per heavy atom. The van der Waals surface area contributed by atoms with Crippen LogP contribution in [-0.2, 0) is 18.6 Å². The molecule has 0 aromatic heterocycles. The van der Waals surface area contributed by atoms with Crippen molar-refractivity contribution >= 4 is 8.32 Å². The van der Waals surface area contributed by atoms with E-state index in [1.54, 1.807) is 27.4 Å². The van der Waals surface area contributed by atoms with E-state index in [0.717, 1.165) is 0 Å². The van der Waals surface area contributed by atoms with Gasteiger partial charge < -0.3 is 18.6 Å². The second-order valence-corrected chi connectivity index (χ2v) is 8.27. The van der Waals surface area contributed by atoms with E-state index < -0.39 is 8.32 Å². The summed E-state index contributed by atoms with van der Waals surface area (Å²) >= 11 is 0. The quantitative estimate of drug-likeness (QED) is 0.400. The van der Waals surface area contributed by atoms with Gasteiger partial charge in [0.15, 0.2) is 5.76 Å². The molecule has 0 saturated carbocycles. The largest absolute Gasteiger partial charge is 0.520 e. The molecule has 0 aliphatic heterocycles. The van der Waals surface area contributed by atoms with Crippen molar-refractivity contribution in [2.45, 2.75) is 19.6 Å². The van der Waals surface area contributed by atoms with Crippen molar-refractivity contribution in [2.75, 3.05) is 21.3 Å². The molecule has 0 aliphatic carbocycles. The molecule has 0 heterocycles. The van der Waals surface area contributed by atoms with Crippen LogP contribution < -0.4 is 0 Å². The number of hydrogen-bond acceptors (Lipinski definition) is 4. The number of allylic oxidation sites excluding steroid dienone is 1. The zero-order valence-corrected chi connectivity index (χ0v) is 11.3. The molecule has 15 heavy (non-hydrogen) atoms. The lowest BCUT2D eigenvalue weighted by Gasteiger charge is -2.20. The normalized spacial score (nSPS) is 13.5. The Labute approximate surface area is 92.6 Å². The molecule has 0 radical (unpaired) electrons. The first-order valence-electron chi connectivity index (χ1n) is 4.64. The van der Waals surface area contributed by atoms with Crippen molar-refractivity contribution < 1.29 is 18.6 Å². The van der Waals surface area contributed by atoms with Crippen LogP contribution >= 0.6 is 0 Å². The number of ether oxygens (including phenoxy) is 3. The van der Waals surface area contributed by atoms with Gasteiger partial charge in [-0.15, -0.1) is 0 Å². The van der Waals surface area contributed by atoms with Crippen molar-refractivity contribution in [1.29, 1.82) is 0 Å². The van der Waals surface area contributed by atoms with Crippen LogP contribution in [0, 0.1) is 0 Å². The zero-order valence-electron chi connectivity index (χ0n) is 10.3. The fourth-order valence-electron chi connectivity index (χ4n) is 0.805. The fraction of sp³-hybridized carbons (Fsp3) is 0.600. The molecule has 5 heteroatoms. The van der Waals surface area contributed by atoms with Crippen molar-refractivity contribution in [3.05, 3.63) is 24.0 Å². The topological polar surface area (TPSA) is 36.9 Å². The molecule has 0 aromatic rings. The average molecular weight is 232 g/mol. The third-order valence-electron chi connectivity index (χ3n) is 1.34. The van der Waals surface area contributed by atoms with Gasteiger partial charge in [0.05, 0.1) is 27.4 Å². The van der Waals surface area contributed by atoms with Crippen LogP contribution in [0.5, 0.6) is 0 Å². The molecule has 0 amide bonds. The summed E-state index contributed by atoms with van der Waals surface area (Å²) in [6.07, 6.45) is 3.13. The summed E-state index contributed by atoms with van der Waals surface area (Å²) in [7, 11) is 3.01. The van der Waals surface area contributed by atoms with Crippen molar-refractivity contribution in [1.82, 2.24) is 0 Å². The van der Waals surface area contributed by atoms with Crippen LogP contribution in [0.25, 0.3) is 0 Å². The minimum absolute atomic E-state index is 0.444. The van der Waals surface area contributed by atoms with Crippen LogP contribution in [0.1, 0.15) is 0 Å². The van der Waals surface area contributed by atoms with Gasteiger partial charge >= 0.3 is 0 Å². The van der Waals surface area contributed by atoms with Gasteiger partial charge in [-0.1, -0.05) is 0 Å². The Bertz CT molecular complexity index is 240. The molecule has 0 saturated heterocycles. The van der Waals surface area contributed by atoms with E-state index in [1.807, 2.05) is 0 Å². The Kier molecular flexibility index (Phi) is 5.92. The molecule has 4 nitrogen and oxygen atoms in total. The van der Waals surface area contributed by atoms with Gasteiger partial charge in [-0.25, -0.2) is 0 Å². The Morgan fingerprint density at radius 3 is 1.93 bits per heavy atom. The third kappa shape index (κ3) is 6.90. The molecule has 88 valence electrons. The number of hydrogen-bond donors (Lipinski definition) is 0. The molecule has 0 rings (SSSR count). The highest BCUT2D eigenvalue weighted by atomic mass is 28.4. The summed E-state index contributed by atoms with van der Waals surface area (Å²) in [5.41, 5.74) is 0. The van der Waals surface area contributed by atoms with Gasteiger partial charge in [0.1, 0.15) is 6.26 Å². The monoisotopic (exact) mass is 232 g/mol. The Balaban J connectivity index is 4.64. The maximum atomic E-state index is 5.67. The van der Waals surface area contributed by atoms with Gasteiger partial charge in [-0.3, -0.25) is 0 Å². The first-order chi connectivity index (χ1) is 6.92. The second kappa shape index (κ2) is 6.39.